The maximum atomic E-state index is 12.8. The molecule has 2 aromatic heterocycles. The minimum atomic E-state index is -1.20. The summed E-state index contributed by atoms with van der Waals surface area (Å²) in [6, 6.07) is 61.2. The van der Waals surface area contributed by atoms with Gasteiger partial charge in [-0.3, -0.25) is 4.57 Å². The lowest BCUT2D eigenvalue weighted by atomic mass is 9.79. The zero-order valence-electron chi connectivity index (χ0n) is 32.9. The summed E-state index contributed by atoms with van der Waals surface area (Å²) in [4.78, 5) is 15.7. The normalized spacial score (nSPS) is 18.2. The third-order valence-electron chi connectivity index (χ3n) is 11.2. The second kappa shape index (κ2) is 16.4. The number of hydrogen-bond donors (Lipinski definition) is 1. The van der Waals surface area contributed by atoms with E-state index in [2.05, 4.69) is 82.8 Å². The van der Waals surface area contributed by atoms with E-state index in [4.69, 9.17) is 19.2 Å². The molecular formula is C50H45N5O4. The monoisotopic (exact) mass is 779 g/mol. The number of benzene rings is 6. The largest absolute Gasteiger partial charge is 0.386 e. The van der Waals surface area contributed by atoms with Crippen molar-refractivity contribution in [1.29, 1.82) is 0 Å². The lowest BCUT2D eigenvalue weighted by molar-refractivity contribution is -0.131. The first-order valence-corrected chi connectivity index (χ1v) is 19.8. The quantitative estimate of drug-likeness (QED) is 0.117. The van der Waals surface area contributed by atoms with Gasteiger partial charge in [-0.15, -0.1) is 0 Å². The third kappa shape index (κ3) is 6.88. The molecule has 4 atom stereocenters. The molecule has 8 aromatic rings. The number of rotatable bonds is 13. The minimum Gasteiger partial charge on any atom is -0.386 e. The second-order valence-electron chi connectivity index (χ2n) is 14.9. The Labute approximate surface area is 344 Å². The fourth-order valence-corrected chi connectivity index (χ4v) is 8.48. The average molecular weight is 780 g/mol. The second-order valence-corrected chi connectivity index (χ2v) is 14.9. The molecule has 1 aliphatic rings. The minimum absolute atomic E-state index is 0.0376. The predicted molar refractivity (Wildman–Crippen MR) is 229 cm³/mol. The molecule has 1 aliphatic heterocycles. The molecule has 1 saturated heterocycles. The lowest BCUT2D eigenvalue weighted by Crippen LogP contribution is -2.46. The van der Waals surface area contributed by atoms with E-state index in [0.29, 0.717) is 17.0 Å². The van der Waals surface area contributed by atoms with Gasteiger partial charge in [-0.25, -0.2) is 15.0 Å². The van der Waals surface area contributed by atoms with Gasteiger partial charge in [-0.2, -0.15) is 0 Å². The van der Waals surface area contributed by atoms with E-state index in [0.717, 1.165) is 33.4 Å². The molecular weight excluding hydrogens is 735 g/mol. The summed E-state index contributed by atoms with van der Waals surface area (Å²) >= 11 is 0. The summed E-state index contributed by atoms with van der Waals surface area (Å²) < 4.78 is 23.9. The van der Waals surface area contributed by atoms with Gasteiger partial charge in [0, 0.05) is 14.1 Å². The van der Waals surface area contributed by atoms with Crippen LogP contribution >= 0.6 is 0 Å². The number of imidazole rings is 1. The molecule has 1 fully saturated rings. The highest BCUT2D eigenvalue weighted by Crippen LogP contribution is 2.47. The molecule has 1 N–H and O–H groups in total. The fraction of sp³-hybridized carbons (Fsp3) is 0.180. The molecule has 0 amide bonds. The maximum Gasteiger partial charge on any atom is 0.167 e. The van der Waals surface area contributed by atoms with Crippen LogP contribution in [0.3, 0.4) is 0 Å². The van der Waals surface area contributed by atoms with Crippen LogP contribution in [0.25, 0.3) is 11.2 Å². The standard InChI is InChI=1S/C50H45N5O4/c1-54(2)46-43-47(52-34-51-46)55(35-53-43)48-44(56)45(59-50(39-27-15-6-16-28-39,40-29-17-7-18-30-40)41-31-19-8-20-32-41)42(58-48)33-57-49(36-21-9-3-10-22-36,37-23-11-4-12-24-37)38-25-13-5-14-26-38/h3-32,34-35,42,44-45,48,56H,33H2,1-2H3/t42-,44-,45-,48-/m1/s1. The molecule has 9 rings (SSSR count). The topological polar surface area (TPSA) is 94.8 Å². The van der Waals surface area contributed by atoms with E-state index in [1.807, 2.05) is 128 Å². The molecule has 0 bridgehead atoms. The molecule has 59 heavy (non-hydrogen) atoms. The Kier molecular flexibility index (Phi) is 10.6. The first-order chi connectivity index (χ1) is 29.0. The summed E-state index contributed by atoms with van der Waals surface area (Å²) in [5, 5.41) is 12.8. The maximum absolute atomic E-state index is 12.8. The smallest absolute Gasteiger partial charge is 0.167 e. The van der Waals surface area contributed by atoms with Crippen LogP contribution in [0.1, 0.15) is 39.6 Å². The molecule has 9 nitrogen and oxygen atoms in total. The van der Waals surface area contributed by atoms with Gasteiger partial charge < -0.3 is 24.2 Å². The van der Waals surface area contributed by atoms with Crippen molar-refractivity contribution >= 4 is 17.0 Å². The van der Waals surface area contributed by atoms with Crippen molar-refractivity contribution in [1.82, 2.24) is 19.5 Å². The van der Waals surface area contributed by atoms with Crippen LogP contribution in [-0.4, -0.2) is 63.6 Å². The highest BCUT2D eigenvalue weighted by molar-refractivity contribution is 5.83. The zero-order valence-corrected chi connectivity index (χ0v) is 32.9. The molecule has 6 aromatic carbocycles. The average Bonchev–Trinajstić information content (AvgIpc) is 3.87. The van der Waals surface area contributed by atoms with E-state index < -0.39 is 35.7 Å². The Balaban J connectivity index is 1.22. The number of hydrogen-bond acceptors (Lipinski definition) is 8. The van der Waals surface area contributed by atoms with Gasteiger partial charge in [0.05, 0.1) is 12.9 Å². The van der Waals surface area contributed by atoms with E-state index in [1.165, 1.54) is 6.33 Å². The van der Waals surface area contributed by atoms with Crippen molar-refractivity contribution in [2.45, 2.75) is 35.7 Å². The lowest BCUT2D eigenvalue weighted by Gasteiger charge is -2.41. The van der Waals surface area contributed by atoms with Crippen LogP contribution in [0, 0.1) is 0 Å². The van der Waals surface area contributed by atoms with Crippen LogP contribution in [0.15, 0.2) is 195 Å². The summed E-state index contributed by atoms with van der Waals surface area (Å²) in [5.41, 5.74) is 4.45. The Bertz CT molecular complexity index is 2380. The summed E-state index contributed by atoms with van der Waals surface area (Å²) in [6.45, 7) is 0.0376. The van der Waals surface area contributed by atoms with E-state index in [9.17, 15) is 5.11 Å². The Hall–Kier alpha value is -6.49. The van der Waals surface area contributed by atoms with E-state index in [1.54, 1.807) is 10.9 Å². The van der Waals surface area contributed by atoms with Gasteiger partial charge in [0.15, 0.2) is 23.2 Å². The van der Waals surface area contributed by atoms with Gasteiger partial charge in [0.2, 0.25) is 0 Å². The highest BCUT2D eigenvalue weighted by Gasteiger charge is 2.52. The molecule has 0 radical (unpaired) electrons. The van der Waals surface area contributed by atoms with Gasteiger partial charge in [-0.05, 0) is 33.4 Å². The van der Waals surface area contributed by atoms with Crippen LogP contribution in [0.4, 0.5) is 5.82 Å². The fourth-order valence-electron chi connectivity index (χ4n) is 8.48. The van der Waals surface area contributed by atoms with Crippen molar-refractivity contribution in [2.24, 2.45) is 0 Å². The number of nitrogens with zero attached hydrogens (tertiary/aromatic N) is 5. The van der Waals surface area contributed by atoms with E-state index in [-0.39, 0.29) is 6.61 Å². The van der Waals surface area contributed by atoms with Crippen molar-refractivity contribution in [2.75, 3.05) is 25.6 Å². The summed E-state index contributed by atoms with van der Waals surface area (Å²) in [6.07, 6.45) is -0.717. The number of fused-ring (bicyclic) bond motifs is 1. The summed E-state index contributed by atoms with van der Waals surface area (Å²) in [5.74, 6) is 0.656. The van der Waals surface area contributed by atoms with Crippen molar-refractivity contribution < 1.29 is 19.3 Å². The Morgan fingerprint density at radius 1 is 0.576 bits per heavy atom. The predicted octanol–water partition coefficient (Wildman–Crippen LogP) is 8.54. The van der Waals surface area contributed by atoms with Gasteiger partial charge in [-0.1, -0.05) is 182 Å². The van der Waals surface area contributed by atoms with Crippen LogP contribution in [0.5, 0.6) is 0 Å². The zero-order chi connectivity index (χ0) is 40.2. The Morgan fingerprint density at radius 3 is 1.39 bits per heavy atom. The number of ether oxygens (including phenoxy) is 3. The van der Waals surface area contributed by atoms with Crippen molar-refractivity contribution in [3.05, 3.63) is 228 Å². The first kappa shape index (κ1) is 38.1. The molecule has 0 saturated carbocycles. The number of aliphatic hydroxyl groups excluding tert-OH is 1. The van der Waals surface area contributed by atoms with Crippen LogP contribution in [0.2, 0.25) is 0 Å². The molecule has 0 unspecified atom stereocenters. The molecule has 9 heteroatoms. The van der Waals surface area contributed by atoms with Gasteiger partial charge in [0.25, 0.3) is 0 Å². The van der Waals surface area contributed by atoms with Gasteiger partial charge in [0.1, 0.15) is 35.8 Å². The first-order valence-electron chi connectivity index (χ1n) is 19.8. The Morgan fingerprint density at radius 2 is 0.983 bits per heavy atom. The number of aromatic nitrogens is 4. The van der Waals surface area contributed by atoms with E-state index >= 15 is 0 Å². The molecule has 0 spiro atoms. The molecule has 0 aliphatic carbocycles. The highest BCUT2D eigenvalue weighted by atomic mass is 16.6. The number of anilines is 1. The van der Waals surface area contributed by atoms with Crippen molar-refractivity contribution in [3.63, 3.8) is 0 Å². The van der Waals surface area contributed by atoms with Crippen LogP contribution < -0.4 is 4.90 Å². The van der Waals surface area contributed by atoms with Gasteiger partial charge >= 0.3 is 0 Å². The SMILES string of the molecule is CN(C)c1ncnc2c1ncn2[C@@H]1O[C@H](COC(c2ccccc2)(c2ccccc2)c2ccccc2)[C@@H](OC(c2ccccc2)(c2ccccc2)c2ccccc2)[C@H]1O. The summed E-state index contributed by atoms with van der Waals surface area (Å²) in [7, 11) is 3.82. The third-order valence-corrected chi connectivity index (χ3v) is 11.2. The molecule has 3 heterocycles. The number of aliphatic hydroxyl groups is 1. The molecule has 294 valence electrons. The van der Waals surface area contributed by atoms with Crippen LogP contribution in [-0.2, 0) is 25.4 Å². The van der Waals surface area contributed by atoms with Crippen molar-refractivity contribution in [3.8, 4) is 0 Å².